The number of halogens is 1. The summed E-state index contributed by atoms with van der Waals surface area (Å²) in [6.07, 6.45) is 8.32. The summed E-state index contributed by atoms with van der Waals surface area (Å²) in [5, 5.41) is 6.81. The van der Waals surface area contributed by atoms with Crippen LogP contribution in [0.1, 0.15) is 51.9 Å². The summed E-state index contributed by atoms with van der Waals surface area (Å²) in [6, 6.07) is 0.847. The van der Waals surface area contributed by atoms with Crippen molar-refractivity contribution in [2.45, 2.75) is 57.9 Å². The molecule has 1 aliphatic heterocycles. The molecule has 0 atom stereocenters. The van der Waals surface area contributed by atoms with Crippen LogP contribution in [0.3, 0.4) is 0 Å². The van der Waals surface area contributed by atoms with Gasteiger partial charge in [0.05, 0.1) is 0 Å². The van der Waals surface area contributed by atoms with Gasteiger partial charge in [0.15, 0.2) is 5.96 Å². The van der Waals surface area contributed by atoms with Crippen LogP contribution < -0.4 is 10.6 Å². The average Bonchev–Trinajstić information content (AvgIpc) is 3.51. The Kier molecular flexibility index (Phi) is 9.45. The fourth-order valence-electron chi connectivity index (χ4n) is 3.55. The third-order valence-corrected chi connectivity index (χ3v) is 5.32. The molecule has 6 nitrogen and oxygen atoms in total. The Labute approximate surface area is 175 Å². The van der Waals surface area contributed by atoms with Crippen molar-refractivity contribution < 1.29 is 4.79 Å². The molecule has 1 saturated heterocycles. The van der Waals surface area contributed by atoms with E-state index >= 15 is 0 Å². The standard InChI is InChI=1S/C19H35N5O.HI/c1-2-20-19(21-10-4-13-23-12-3-5-18(23)25)22-11-14-24(17-8-9-17)15-16-6-7-16;/h16-17H,2-15H2,1H3,(H2,20,21,22);1H. The minimum absolute atomic E-state index is 0. The number of likely N-dealkylation sites (tertiary alicyclic amines) is 1. The molecule has 0 aromatic carbocycles. The molecule has 2 saturated carbocycles. The predicted octanol–water partition coefficient (Wildman–Crippen LogP) is 2.05. The van der Waals surface area contributed by atoms with Gasteiger partial charge in [0.2, 0.25) is 5.91 Å². The Morgan fingerprint density at radius 3 is 2.69 bits per heavy atom. The Morgan fingerprint density at radius 2 is 2.08 bits per heavy atom. The second-order valence-corrected chi connectivity index (χ2v) is 7.69. The molecule has 2 N–H and O–H groups in total. The maximum Gasteiger partial charge on any atom is 0.222 e. The average molecular weight is 477 g/mol. The van der Waals surface area contributed by atoms with E-state index in [2.05, 4.69) is 27.4 Å². The lowest BCUT2D eigenvalue weighted by Crippen LogP contribution is -2.42. The van der Waals surface area contributed by atoms with Crippen molar-refractivity contribution in [2.75, 3.05) is 45.8 Å². The van der Waals surface area contributed by atoms with E-state index in [-0.39, 0.29) is 24.0 Å². The Bertz CT molecular complexity index is 465. The van der Waals surface area contributed by atoms with Crippen LogP contribution in [0.15, 0.2) is 4.99 Å². The van der Waals surface area contributed by atoms with E-state index in [4.69, 9.17) is 0 Å². The van der Waals surface area contributed by atoms with Crippen LogP contribution in [0, 0.1) is 5.92 Å². The van der Waals surface area contributed by atoms with Crippen LogP contribution in [0.5, 0.6) is 0 Å². The first kappa shape index (κ1) is 21.7. The van der Waals surface area contributed by atoms with Gasteiger partial charge in [-0.3, -0.25) is 14.7 Å². The van der Waals surface area contributed by atoms with Crippen molar-refractivity contribution >= 4 is 35.8 Å². The fraction of sp³-hybridized carbons (Fsp3) is 0.895. The van der Waals surface area contributed by atoms with Gasteiger partial charge in [-0.15, -0.1) is 24.0 Å². The molecule has 0 radical (unpaired) electrons. The van der Waals surface area contributed by atoms with Crippen molar-refractivity contribution in [3.05, 3.63) is 0 Å². The van der Waals surface area contributed by atoms with Crippen LogP contribution in [0.25, 0.3) is 0 Å². The van der Waals surface area contributed by atoms with Crippen LogP contribution in [0.4, 0.5) is 0 Å². The number of aliphatic imine (C=N–C) groups is 1. The molecule has 0 aromatic heterocycles. The number of nitrogens with zero attached hydrogens (tertiary/aromatic N) is 3. The molecule has 150 valence electrons. The number of rotatable bonds is 11. The Morgan fingerprint density at radius 1 is 1.27 bits per heavy atom. The topological polar surface area (TPSA) is 60.0 Å². The molecule has 26 heavy (non-hydrogen) atoms. The van der Waals surface area contributed by atoms with E-state index in [9.17, 15) is 4.79 Å². The van der Waals surface area contributed by atoms with Crippen molar-refractivity contribution in [3.63, 3.8) is 0 Å². The highest BCUT2D eigenvalue weighted by Gasteiger charge is 2.33. The molecule has 1 amide bonds. The maximum absolute atomic E-state index is 11.6. The largest absolute Gasteiger partial charge is 0.357 e. The first-order valence-electron chi connectivity index (χ1n) is 10.3. The highest BCUT2D eigenvalue weighted by atomic mass is 127. The zero-order chi connectivity index (χ0) is 17.5. The SMILES string of the molecule is CCNC(=NCCCN1CCCC1=O)NCCN(CC1CC1)C1CC1.I. The summed E-state index contributed by atoms with van der Waals surface area (Å²) in [7, 11) is 0. The van der Waals surface area contributed by atoms with Gasteiger partial charge in [-0.05, 0) is 51.4 Å². The van der Waals surface area contributed by atoms with Gasteiger partial charge < -0.3 is 15.5 Å². The first-order valence-corrected chi connectivity index (χ1v) is 10.3. The van der Waals surface area contributed by atoms with Crippen LogP contribution in [-0.2, 0) is 4.79 Å². The van der Waals surface area contributed by atoms with Gasteiger partial charge in [0, 0.05) is 58.3 Å². The van der Waals surface area contributed by atoms with Crippen molar-refractivity contribution in [1.29, 1.82) is 0 Å². The number of carbonyl (C=O) groups is 1. The number of nitrogens with one attached hydrogen (secondary N) is 2. The lowest BCUT2D eigenvalue weighted by atomic mass is 10.3. The predicted molar refractivity (Wildman–Crippen MR) is 117 cm³/mol. The second-order valence-electron chi connectivity index (χ2n) is 7.69. The first-order chi connectivity index (χ1) is 12.3. The molecule has 0 unspecified atom stereocenters. The lowest BCUT2D eigenvalue weighted by Gasteiger charge is -2.22. The van der Waals surface area contributed by atoms with Gasteiger partial charge in [-0.1, -0.05) is 0 Å². The third-order valence-electron chi connectivity index (χ3n) is 5.32. The minimum Gasteiger partial charge on any atom is -0.357 e. The van der Waals surface area contributed by atoms with Gasteiger partial charge in [-0.25, -0.2) is 0 Å². The molecule has 0 aromatic rings. The molecule has 3 aliphatic rings. The lowest BCUT2D eigenvalue weighted by molar-refractivity contribution is -0.127. The fourth-order valence-corrected chi connectivity index (χ4v) is 3.55. The summed E-state index contributed by atoms with van der Waals surface area (Å²) in [5.41, 5.74) is 0. The zero-order valence-electron chi connectivity index (χ0n) is 16.2. The molecule has 0 bridgehead atoms. The molecule has 1 heterocycles. The summed E-state index contributed by atoms with van der Waals surface area (Å²) in [4.78, 5) is 20.9. The minimum atomic E-state index is 0. The monoisotopic (exact) mass is 477 g/mol. The van der Waals surface area contributed by atoms with Crippen molar-refractivity contribution in [1.82, 2.24) is 20.4 Å². The highest BCUT2D eigenvalue weighted by Crippen LogP contribution is 2.34. The van der Waals surface area contributed by atoms with Gasteiger partial charge in [0.25, 0.3) is 0 Å². The molecular weight excluding hydrogens is 441 g/mol. The van der Waals surface area contributed by atoms with Gasteiger partial charge in [0.1, 0.15) is 0 Å². The zero-order valence-corrected chi connectivity index (χ0v) is 18.5. The molecule has 7 heteroatoms. The molecule has 3 fully saturated rings. The summed E-state index contributed by atoms with van der Waals surface area (Å²) < 4.78 is 0. The van der Waals surface area contributed by atoms with Crippen LogP contribution in [-0.4, -0.2) is 73.5 Å². The number of hydrogen-bond donors (Lipinski definition) is 2. The van der Waals surface area contributed by atoms with E-state index in [0.717, 1.165) is 76.5 Å². The van der Waals surface area contributed by atoms with E-state index in [1.54, 1.807) is 0 Å². The summed E-state index contributed by atoms with van der Waals surface area (Å²) >= 11 is 0. The number of hydrogen-bond acceptors (Lipinski definition) is 3. The quantitative estimate of drug-likeness (QED) is 0.207. The molecular formula is C19H36IN5O. The normalized spacial score (nSPS) is 20.5. The van der Waals surface area contributed by atoms with Gasteiger partial charge >= 0.3 is 0 Å². The second kappa shape index (κ2) is 11.3. The van der Waals surface area contributed by atoms with E-state index in [1.165, 1.54) is 32.2 Å². The molecule has 3 rings (SSSR count). The van der Waals surface area contributed by atoms with E-state index < -0.39 is 0 Å². The Balaban J connectivity index is 0.00000243. The van der Waals surface area contributed by atoms with Crippen molar-refractivity contribution in [3.8, 4) is 0 Å². The Hall–Kier alpha value is -0.570. The summed E-state index contributed by atoms with van der Waals surface area (Å²) in [6.45, 7) is 8.90. The molecule has 2 aliphatic carbocycles. The summed E-state index contributed by atoms with van der Waals surface area (Å²) in [5.74, 6) is 2.19. The van der Waals surface area contributed by atoms with Crippen molar-refractivity contribution in [2.24, 2.45) is 10.9 Å². The van der Waals surface area contributed by atoms with Gasteiger partial charge in [-0.2, -0.15) is 0 Å². The smallest absolute Gasteiger partial charge is 0.222 e. The number of guanidine groups is 1. The van der Waals surface area contributed by atoms with Crippen LogP contribution >= 0.6 is 24.0 Å². The van der Waals surface area contributed by atoms with E-state index in [1.807, 2.05) is 4.90 Å². The van der Waals surface area contributed by atoms with E-state index in [0.29, 0.717) is 5.91 Å². The maximum atomic E-state index is 11.6. The van der Waals surface area contributed by atoms with Crippen LogP contribution in [0.2, 0.25) is 0 Å². The highest BCUT2D eigenvalue weighted by molar-refractivity contribution is 14.0. The third kappa shape index (κ3) is 7.58. The number of carbonyl (C=O) groups excluding carboxylic acids is 1. The number of amides is 1. The molecule has 0 spiro atoms.